The lowest BCUT2D eigenvalue weighted by molar-refractivity contribution is -0.137. The maximum Gasteiger partial charge on any atom is 0.416 e. The zero-order valence-corrected chi connectivity index (χ0v) is 14.1. The summed E-state index contributed by atoms with van der Waals surface area (Å²) in [5, 5.41) is 22.1. The predicted octanol–water partition coefficient (Wildman–Crippen LogP) is 3.66. The number of hydrogen-bond donors (Lipinski definition) is 3. The number of halogens is 3. The first-order chi connectivity index (χ1) is 12.2. The fourth-order valence-corrected chi connectivity index (χ4v) is 2.56. The molecule has 2 aromatic rings. The summed E-state index contributed by atoms with van der Waals surface area (Å²) < 4.78 is 38.2. The molecular formula is C19H20F3NO3. The maximum atomic E-state index is 12.7. The molecule has 2 aromatic carbocycles. The lowest BCUT2D eigenvalue weighted by atomic mass is 10.0. The van der Waals surface area contributed by atoms with Gasteiger partial charge in [-0.15, -0.1) is 0 Å². The summed E-state index contributed by atoms with van der Waals surface area (Å²) in [6, 6.07) is 11.0. The van der Waals surface area contributed by atoms with Gasteiger partial charge in [0.25, 0.3) is 0 Å². The second-order valence-corrected chi connectivity index (χ2v) is 6.15. The van der Waals surface area contributed by atoms with E-state index in [-0.39, 0.29) is 23.7 Å². The Hall–Kier alpha value is -2.38. The predicted molar refractivity (Wildman–Crippen MR) is 91.0 cm³/mol. The quantitative estimate of drug-likeness (QED) is 0.699. The van der Waals surface area contributed by atoms with Crippen LogP contribution in [0.3, 0.4) is 0 Å². The topological polar surface area (TPSA) is 69.6 Å². The fraction of sp³-hybridized carbons (Fsp3) is 0.316. The molecule has 0 radical (unpaired) electrons. The molecule has 0 bridgehead atoms. The molecule has 3 N–H and O–H groups in total. The van der Waals surface area contributed by atoms with Crippen molar-refractivity contribution in [3.8, 4) is 0 Å². The molecule has 0 aliphatic heterocycles. The number of hydrogen-bond acceptors (Lipinski definition) is 3. The van der Waals surface area contributed by atoms with Crippen molar-refractivity contribution in [2.75, 3.05) is 6.54 Å². The molecule has 0 saturated heterocycles. The first-order valence-electron chi connectivity index (χ1n) is 8.07. The molecule has 2 rings (SSSR count). The molecule has 0 aliphatic carbocycles. The van der Waals surface area contributed by atoms with Crippen LogP contribution in [-0.2, 0) is 12.6 Å². The van der Waals surface area contributed by atoms with Crippen molar-refractivity contribution in [1.82, 2.24) is 5.32 Å². The Morgan fingerprint density at radius 2 is 1.81 bits per heavy atom. The van der Waals surface area contributed by atoms with E-state index >= 15 is 0 Å². The van der Waals surface area contributed by atoms with Crippen LogP contribution in [-0.4, -0.2) is 28.8 Å². The lowest BCUT2D eigenvalue weighted by Gasteiger charge is -2.18. The molecule has 7 heteroatoms. The largest absolute Gasteiger partial charge is 0.478 e. The molecule has 0 aliphatic rings. The summed E-state index contributed by atoms with van der Waals surface area (Å²) in [5.41, 5.74) is 0.531. The minimum Gasteiger partial charge on any atom is -0.478 e. The highest BCUT2D eigenvalue weighted by atomic mass is 19.4. The van der Waals surface area contributed by atoms with E-state index in [1.807, 2.05) is 6.92 Å². The van der Waals surface area contributed by atoms with Gasteiger partial charge < -0.3 is 15.5 Å². The van der Waals surface area contributed by atoms with E-state index in [1.165, 1.54) is 24.3 Å². The standard InChI is InChI=1S/C19H20F3NO3/c1-12(9-13-5-7-14(8-6-13)18(25)26)23-11-17(24)15-3-2-4-16(10-15)19(20,21)22/h2-8,10,12,17,23-24H,9,11H2,1H3,(H,25,26). The van der Waals surface area contributed by atoms with Crippen LogP contribution >= 0.6 is 0 Å². The zero-order chi connectivity index (χ0) is 19.3. The summed E-state index contributed by atoms with van der Waals surface area (Å²) in [5.74, 6) is -0.994. The Morgan fingerprint density at radius 3 is 2.38 bits per heavy atom. The van der Waals surface area contributed by atoms with Gasteiger partial charge in [-0.1, -0.05) is 24.3 Å². The van der Waals surface area contributed by atoms with E-state index in [0.29, 0.717) is 6.42 Å². The van der Waals surface area contributed by atoms with Crippen molar-refractivity contribution < 1.29 is 28.2 Å². The van der Waals surface area contributed by atoms with Gasteiger partial charge in [0.2, 0.25) is 0 Å². The van der Waals surface area contributed by atoms with E-state index < -0.39 is 23.8 Å². The Bertz CT molecular complexity index is 744. The van der Waals surface area contributed by atoms with Crippen molar-refractivity contribution >= 4 is 5.97 Å². The Labute approximate surface area is 149 Å². The number of alkyl halides is 3. The monoisotopic (exact) mass is 367 g/mol. The Kier molecular flexibility index (Phi) is 6.39. The molecule has 140 valence electrons. The minimum atomic E-state index is -4.45. The minimum absolute atomic E-state index is 0.0499. The first kappa shape index (κ1) is 19.9. The van der Waals surface area contributed by atoms with E-state index in [4.69, 9.17) is 5.11 Å². The highest BCUT2D eigenvalue weighted by molar-refractivity contribution is 5.87. The number of carbonyl (C=O) groups is 1. The van der Waals surface area contributed by atoms with Crippen molar-refractivity contribution in [1.29, 1.82) is 0 Å². The van der Waals surface area contributed by atoms with Gasteiger partial charge in [0.1, 0.15) is 0 Å². The SMILES string of the molecule is CC(Cc1ccc(C(=O)O)cc1)NCC(O)c1cccc(C(F)(F)F)c1. The van der Waals surface area contributed by atoms with Crippen LogP contribution in [0, 0.1) is 0 Å². The van der Waals surface area contributed by atoms with Gasteiger partial charge >= 0.3 is 12.1 Å². The van der Waals surface area contributed by atoms with Crippen molar-refractivity contribution in [3.05, 3.63) is 70.8 Å². The van der Waals surface area contributed by atoms with Gasteiger partial charge in [-0.3, -0.25) is 0 Å². The van der Waals surface area contributed by atoms with Crippen LogP contribution < -0.4 is 5.32 Å². The molecule has 4 nitrogen and oxygen atoms in total. The second-order valence-electron chi connectivity index (χ2n) is 6.15. The number of nitrogens with one attached hydrogen (secondary N) is 1. The molecule has 2 atom stereocenters. The van der Waals surface area contributed by atoms with Gasteiger partial charge in [0.05, 0.1) is 17.2 Å². The molecule has 0 amide bonds. The van der Waals surface area contributed by atoms with Gasteiger partial charge in [-0.25, -0.2) is 4.79 Å². The van der Waals surface area contributed by atoms with Crippen LogP contribution in [0.15, 0.2) is 48.5 Å². The normalized spacial score (nSPS) is 14.0. The Balaban J connectivity index is 1.90. The van der Waals surface area contributed by atoms with Crippen LogP contribution in [0.5, 0.6) is 0 Å². The lowest BCUT2D eigenvalue weighted by Crippen LogP contribution is -2.32. The molecular weight excluding hydrogens is 347 g/mol. The third-order valence-electron chi connectivity index (χ3n) is 4.00. The molecule has 0 saturated carbocycles. The van der Waals surface area contributed by atoms with E-state index in [1.54, 1.807) is 12.1 Å². The number of aliphatic hydroxyl groups is 1. The maximum absolute atomic E-state index is 12.7. The molecule has 26 heavy (non-hydrogen) atoms. The summed E-state index contributed by atoms with van der Waals surface area (Å²) in [4.78, 5) is 10.8. The highest BCUT2D eigenvalue weighted by Crippen LogP contribution is 2.30. The number of carboxylic acid groups (broad SMARTS) is 1. The molecule has 2 unspecified atom stereocenters. The van der Waals surface area contributed by atoms with E-state index in [2.05, 4.69) is 5.32 Å². The van der Waals surface area contributed by atoms with Crippen LogP contribution in [0.4, 0.5) is 13.2 Å². The average Bonchev–Trinajstić information content (AvgIpc) is 2.59. The highest BCUT2D eigenvalue weighted by Gasteiger charge is 2.30. The van der Waals surface area contributed by atoms with Gasteiger partial charge in [-0.05, 0) is 48.7 Å². The first-order valence-corrected chi connectivity index (χ1v) is 8.07. The smallest absolute Gasteiger partial charge is 0.416 e. The van der Waals surface area contributed by atoms with Crippen molar-refractivity contribution in [2.45, 2.75) is 31.7 Å². The van der Waals surface area contributed by atoms with Crippen molar-refractivity contribution in [2.24, 2.45) is 0 Å². The third kappa shape index (κ3) is 5.57. The molecule has 0 heterocycles. The van der Waals surface area contributed by atoms with Crippen molar-refractivity contribution in [3.63, 3.8) is 0 Å². The summed E-state index contributed by atoms with van der Waals surface area (Å²) >= 11 is 0. The summed E-state index contributed by atoms with van der Waals surface area (Å²) in [6.07, 6.45) is -4.91. The number of aromatic carboxylic acids is 1. The molecule has 0 spiro atoms. The van der Waals surface area contributed by atoms with Crippen LogP contribution in [0.2, 0.25) is 0 Å². The van der Waals surface area contributed by atoms with Gasteiger partial charge in [0, 0.05) is 12.6 Å². The van der Waals surface area contributed by atoms with Gasteiger partial charge in [0.15, 0.2) is 0 Å². The number of carboxylic acids is 1. The number of rotatable bonds is 7. The average molecular weight is 367 g/mol. The van der Waals surface area contributed by atoms with E-state index in [9.17, 15) is 23.1 Å². The van der Waals surface area contributed by atoms with Crippen LogP contribution in [0.25, 0.3) is 0 Å². The van der Waals surface area contributed by atoms with Gasteiger partial charge in [-0.2, -0.15) is 13.2 Å². The number of aliphatic hydroxyl groups excluding tert-OH is 1. The third-order valence-corrected chi connectivity index (χ3v) is 4.00. The fourth-order valence-electron chi connectivity index (χ4n) is 2.56. The van der Waals surface area contributed by atoms with Crippen LogP contribution in [0.1, 0.15) is 40.1 Å². The summed E-state index contributed by atoms with van der Waals surface area (Å²) in [7, 11) is 0. The Morgan fingerprint density at radius 1 is 1.15 bits per heavy atom. The molecule has 0 fully saturated rings. The van der Waals surface area contributed by atoms with E-state index in [0.717, 1.165) is 17.7 Å². The zero-order valence-electron chi connectivity index (χ0n) is 14.1. The number of benzene rings is 2. The molecule has 0 aromatic heterocycles. The second kappa shape index (κ2) is 8.33. The summed E-state index contributed by atoms with van der Waals surface area (Å²) in [6.45, 7) is 1.99.